The van der Waals surface area contributed by atoms with Crippen molar-refractivity contribution in [2.45, 2.75) is 59.3 Å². The molecule has 0 amide bonds. The van der Waals surface area contributed by atoms with E-state index in [1.165, 1.54) is 24.0 Å². The van der Waals surface area contributed by atoms with Crippen LogP contribution in [0.3, 0.4) is 0 Å². The molecule has 1 aromatic rings. The van der Waals surface area contributed by atoms with Crippen molar-refractivity contribution in [3.63, 3.8) is 0 Å². The highest BCUT2D eigenvalue weighted by Gasteiger charge is 2.50. The van der Waals surface area contributed by atoms with E-state index in [1.54, 1.807) is 0 Å². The number of aryl methyl sites for hydroxylation is 1. The molecule has 3 atom stereocenters. The second kappa shape index (κ2) is 4.72. The summed E-state index contributed by atoms with van der Waals surface area (Å²) in [6.07, 6.45) is 4.36. The lowest BCUT2D eigenvalue weighted by atomic mass is 9.66. The number of benzene rings is 1. The molecule has 0 spiro atoms. The first kappa shape index (κ1) is 13.9. The Balaban J connectivity index is 2.13. The molecule has 1 fully saturated rings. The van der Waals surface area contributed by atoms with Gasteiger partial charge in [0.1, 0.15) is 0 Å². The van der Waals surface area contributed by atoms with Crippen LogP contribution in [-0.2, 0) is 0 Å². The first-order chi connectivity index (χ1) is 9.43. The van der Waals surface area contributed by atoms with Crippen LogP contribution in [0.2, 0.25) is 0 Å². The second-order valence-electron chi connectivity index (χ2n) is 7.50. The van der Waals surface area contributed by atoms with Crippen LogP contribution in [-0.4, -0.2) is 5.78 Å². The highest BCUT2D eigenvalue weighted by Crippen LogP contribution is 2.59. The van der Waals surface area contributed by atoms with E-state index in [2.05, 4.69) is 45.9 Å². The van der Waals surface area contributed by atoms with Gasteiger partial charge in [-0.1, -0.05) is 44.5 Å². The lowest BCUT2D eigenvalue weighted by Gasteiger charge is -2.38. The van der Waals surface area contributed by atoms with Gasteiger partial charge >= 0.3 is 0 Å². The first-order valence-corrected chi connectivity index (χ1v) is 8.07. The molecule has 0 bridgehead atoms. The minimum absolute atomic E-state index is 0.308. The van der Waals surface area contributed by atoms with Crippen LogP contribution < -0.4 is 0 Å². The van der Waals surface area contributed by atoms with Crippen LogP contribution in [0.4, 0.5) is 0 Å². The highest BCUT2D eigenvalue weighted by molar-refractivity contribution is 5.98. The Kier molecular flexibility index (Phi) is 3.27. The van der Waals surface area contributed by atoms with Crippen molar-refractivity contribution in [3.05, 3.63) is 34.9 Å². The molecule has 2 aliphatic rings. The van der Waals surface area contributed by atoms with Gasteiger partial charge < -0.3 is 0 Å². The summed E-state index contributed by atoms with van der Waals surface area (Å²) in [4.78, 5) is 12.5. The molecule has 0 unspecified atom stereocenters. The van der Waals surface area contributed by atoms with Crippen molar-refractivity contribution < 1.29 is 4.79 Å². The molecule has 0 radical (unpaired) electrons. The molecule has 0 heterocycles. The maximum absolute atomic E-state index is 12.5. The fraction of sp³-hybridized carbons (Fsp3) is 0.632. The monoisotopic (exact) mass is 270 g/mol. The molecule has 1 nitrogen and oxygen atoms in total. The lowest BCUT2D eigenvalue weighted by molar-refractivity contribution is 0.0934. The lowest BCUT2D eigenvalue weighted by Crippen LogP contribution is -2.30. The van der Waals surface area contributed by atoms with E-state index in [4.69, 9.17) is 0 Å². The van der Waals surface area contributed by atoms with Crippen molar-refractivity contribution in [2.75, 3.05) is 0 Å². The van der Waals surface area contributed by atoms with Crippen molar-refractivity contribution >= 4 is 5.78 Å². The number of carbonyl (C=O) groups is 1. The van der Waals surface area contributed by atoms with Crippen molar-refractivity contribution in [1.29, 1.82) is 0 Å². The molecular weight excluding hydrogens is 244 g/mol. The van der Waals surface area contributed by atoms with Crippen molar-refractivity contribution in [3.8, 4) is 0 Å². The molecule has 1 saturated carbocycles. The topological polar surface area (TPSA) is 17.1 Å². The van der Waals surface area contributed by atoms with Crippen molar-refractivity contribution in [1.82, 2.24) is 0 Å². The van der Waals surface area contributed by atoms with E-state index in [-0.39, 0.29) is 0 Å². The van der Waals surface area contributed by atoms with Crippen LogP contribution in [0.15, 0.2) is 18.2 Å². The molecule has 0 aromatic heterocycles. The fourth-order valence-electron chi connectivity index (χ4n) is 4.97. The average Bonchev–Trinajstić information content (AvgIpc) is 2.69. The van der Waals surface area contributed by atoms with Gasteiger partial charge in [-0.2, -0.15) is 0 Å². The summed E-state index contributed by atoms with van der Waals surface area (Å²) in [6, 6.07) is 6.44. The summed E-state index contributed by atoms with van der Waals surface area (Å²) < 4.78 is 0. The molecular formula is C19H26O. The zero-order chi connectivity index (χ0) is 14.5. The van der Waals surface area contributed by atoms with Gasteiger partial charge in [0.2, 0.25) is 0 Å². The van der Waals surface area contributed by atoms with E-state index < -0.39 is 0 Å². The largest absolute Gasteiger partial charge is 0.294 e. The van der Waals surface area contributed by atoms with E-state index in [0.717, 1.165) is 24.3 Å². The van der Waals surface area contributed by atoms with Gasteiger partial charge in [0.15, 0.2) is 5.78 Å². The molecule has 3 rings (SSSR count). The average molecular weight is 270 g/mol. The molecule has 2 aliphatic carbocycles. The summed E-state index contributed by atoms with van der Waals surface area (Å²) in [5.41, 5.74) is 3.95. The standard InChI is InChI=1S/C19H26O/c1-12(2)16-7-8-17-15-11-13(3)5-6-14(15)18(20)9-10-19(16,17)4/h5-6,11-12,16-17H,7-10H2,1-4H3/t16-,17-,19+/m1/s1. The number of Topliss-reactive ketones (excluding diaryl/α,β-unsaturated/α-hetero) is 1. The SMILES string of the molecule is Cc1ccc2c(c1)[C@H]1CC[C@H](C(C)C)[C@]1(C)CCC2=O. The zero-order valence-electron chi connectivity index (χ0n) is 13.2. The van der Waals surface area contributed by atoms with Crippen LogP contribution in [0.5, 0.6) is 0 Å². The minimum atomic E-state index is 0.308. The predicted octanol–water partition coefficient (Wildman–Crippen LogP) is 5.13. The third-order valence-corrected chi connectivity index (χ3v) is 5.99. The van der Waals surface area contributed by atoms with Gasteiger partial charge in [0.05, 0.1) is 0 Å². The molecule has 0 N–H and O–H groups in total. The predicted molar refractivity (Wildman–Crippen MR) is 83.2 cm³/mol. The van der Waals surface area contributed by atoms with Gasteiger partial charge in [0, 0.05) is 12.0 Å². The fourth-order valence-corrected chi connectivity index (χ4v) is 4.97. The molecule has 1 heteroatoms. The number of fused-ring (bicyclic) bond motifs is 3. The smallest absolute Gasteiger partial charge is 0.163 e. The molecule has 0 aliphatic heterocycles. The summed E-state index contributed by atoms with van der Waals surface area (Å²) >= 11 is 0. The Hall–Kier alpha value is -1.11. The Morgan fingerprint density at radius 3 is 2.70 bits per heavy atom. The van der Waals surface area contributed by atoms with Crippen LogP contribution in [0.1, 0.15) is 73.9 Å². The van der Waals surface area contributed by atoms with E-state index in [9.17, 15) is 4.79 Å². The first-order valence-electron chi connectivity index (χ1n) is 8.07. The summed E-state index contributed by atoms with van der Waals surface area (Å²) in [6.45, 7) is 9.28. The van der Waals surface area contributed by atoms with Gasteiger partial charge in [-0.15, -0.1) is 0 Å². The van der Waals surface area contributed by atoms with Gasteiger partial charge in [-0.25, -0.2) is 0 Å². The minimum Gasteiger partial charge on any atom is -0.294 e. The third kappa shape index (κ3) is 1.94. The quantitative estimate of drug-likeness (QED) is 0.691. The second-order valence-corrected chi connectivity index (χ2v) is 7.50. The Bertz CT molecular complexity index is 543. The number of carbonyl (C=O) groups excluding carboxylic acids is 1. The maximum atomic E-state index is 12.5. The van der Waals surface area contributed by atoms with E-state index in [0.29, 0.717) is 23.0 Å². The zero-order valence-corrected chi connectivity index (χ0v) is 13.2. The molecule has 0 saturated heterocycles. The third-order valence-electron chi connectivity index (χ3n) is 5.99. The van der Waals surface area contributed by atoms with E-state index in [1.807, 2.05) is 0 Å². The summed E-state index contributed by atoms with van der Waals surface area (Å²) in [5, 5.41) is 0. The van der Waals surface area contributed by atoms with Crippen molar-refractivity contribution in [2.24, 2.45) is 17.3 Å². The normalized spacial score (nSPS) is 33.0. The molecule has 1 aromatic carbocycles. The number of rotatable bonds is 1. The van der Waals surface area contributed by atoms with Crippen LogP contribution >= 0.6 is 0 Å². The summed E-state index contributed by atoms with van der Waals surface area (Å²) in [5.74, 6) is 2.41. The van der Waals surface area contributed by atoms with Gasteiger partial charge in [-0.05, 0) is 54.9 Å². The van der Waals surface area contributed by atoms with Gasteiger partial charge in [0.25, 0.3) is 0 Å². The highest BCUT2D eigenvalue weighted by atomic mass is 16.1. The van der Waals surface area contributed by atoms with E-state index >= 15 is 0 Å². The number of hydrogen-bond acceptors (Lipinski definition) is 1. The van der Waals surface area contributed by atoms with Gasteiger partial charge in [-0.3, -0.25) is 4.79 Å². The number of hydrogen-bond donors (Lipinski definition) is 0. The Morgan fingerprint density at radius 2 is 2.00 bits per heavy atom. The van der Waals surface area contributed by atoms with Crippen LogP contribution in [0.25, 0.3) is 0 Å². The molecule has 20 heavy (non-hydrogen) atoms. The summed E-state index contributed by atoms with van der Waals surface area (Å²) in [7, 11) is 0. The molecule has 108 valence electrons. The number of ketones is 1. The Labute approximate surface area is 122 Å². The Morgan fingerprint density at radius 1 is 1.25 bits per heavy atom. The maximum Gasteiger partial charge on any atom is 0.163 e. The van der Waals surface area contributed by atoms with Crippen LogP contribution in [0, 0.1) is 24.2 Å².